The fraction of sp³-hybridized carbons (Fsp3) is 0.294. The Morgan fingerprint density at radius 3 is 2.71 bits per heavy atom. The van der Waals surface area contributed by atoms with Crippen molar-refractivity contribution < 1.29 is 0 Å². The molecule has 4 heteroatoms. The molecule has 4 nitrogen and oxygen atoms in total. The second kappa shape index (κ2) is 6.06. The Hall–Kier alpha value is -2.20. The molecule has 0 saturated carbocycles. The van der Waals surface area contributed by atoms with Gasteiger partial charge in [-0.05, 0) is 37.5 Å². The smallest absolute Gasteiger partial charge is 0.160 e. The van der Waals surface area contributed by atoms with Crippen LogP contribution in [0.1, 0.15) is 30.8 Å². The first-order valence-electron chi connectivity index (χ1n) is 7.40. The summed E-state index contributed by atoms with van der Waals surface area (Å²) in [6, 6.07) is 14.3. The summed E-state index contributed by atoms with van der Waals surface area (Å²) >= 11 is 0. The number of imidazole rings is 1. The van der Waals surface area contributed by atoms with E-state index in [1.165, 1.54) is 5.56 Å². The molecule has 0 saturated heterocycles. The topological polar surface area (TPSA) is 56.7 Å². The number of aromatic nitrogens is 3. The van der Waals surface area contributed by atoms with Crippen molar-refractivity contribution in [2.75, 3.05) is 0 Å². The lowest BCUT2D eigenvalue weighted by atomic mass is 10.1. The standard InChI is InChI=1S/C17H20N4/c1-2-21-16(20-15-9-6-12-19-17(15)21)14(18)11-10-13-7-4-3-5-8-13/h3-9,12,14H,2,10-11,18H2,1H3. The Morgan fingerprint density at radius 1 is 1.14 bits per heavy atom. The third kappa shape index (κ3) is 2.81. The number of aryl methyl sites for hydroxylation is 2. The monoisotopic (exact) mass is 280 g/mol. The molecule has 1 atom stereocenters. The van der Waals surface area contributed by atoms with Gasteiger partial charge < -0.3 is 10.3 Å². The van der Waals surface area contributed by atoms with E-state index in [1.807, 2.05) is 18.2 Å². The van der Waals surface area contributed by atoms with E-state index in [2.05, 4.69) is 45.7 Å². The molecular weight excluding hydrogens is 260 g/mol. The minimum Gasteiger partial charge on any atom is -0.321 e. The van der Waals surface area contributed by atoms with E-state index in [9.17, 15) is 0 Å². The molecule has 2 N–H and O–H groups in total. The van der Waals surface area contributed by atoms with Crippen LogP contribution in [0.25, 0.3) is 11.2 Å². The van der Waals surface area contributed by atoms with Crippen molar-refractivity contribution in [3.05, 3.63) is 60.0 Å². The minimum atomic E-state index is -0.0700. The summed E-state index contributed by atoms with van der Waals surface area (Å²) in [7, 11) is 0. The highest BCUT2D eigenvalue weighted by atomic mass is 15.1. The lowest BCUT2D eigenvalue weighted by Gasteiger charge is -2.13. The van der Waals surface area contributed by atoms with Crippen LogP contribution in [0.5, 0.6) is 0 Å². The summed E-state index contributed by atoms with van der Waals surface area (Å²) < 4.78 is 2.12. The minimum absolute atomic E-state index is 0.0700. The van der Waals surface area contributed by atoms with Crippen molar-refractivity contribution in [3.63, 3.8) is 0 Å². The van der Waals surface area contributed by atoms with Gasteiger partial charge in [-0.1, -0.05) is 30.3 Å². The average molecular weight is 280 g/mol. The molecule has 2 heterocycles. The van der Waals surface area contributed by atoms with E-state index in [4.69, 9.17) is 5.73 Å². The van der Waals surface area contributed by atoms with Crippen molar-refractivity contribution in [2.45, 2.75) is 32.4 Å². The molecular formula is C17H20N4. The predicted molar refractivity (Wildman–Crippen MR) is 84.9 cm³/mol. The Kier molecular flexibility index (Phi) is 3.97. The summed E-state index contributed by atoms with van der Waals surface area (Å²) in [5.74, 6) is 0.933. The van der Waals surface area contributed by atoms with Gasteiger partial charge in [0.1, 0.15) is 11.3 Å². The van der Waals surface area contributed by atoms with Gasteiger partial charge in [0.05, 0.1) is 6.04 Å². The molecule has 0 aliphatic rings. The molecule has 0 aliphatic heterocycles. The molecule has 0 radical (unpaired) electrons. The molecule has 0 fully saturated rings. The summed E-state index contributed by atoms with van der Waals surface area (Å²) in [5.41, 5.74) is 9.52. The molecule has 0 bridgehead atoms. The lowest BCUT2D eigenvalue weighted by molar-refractivity contribution is 0.572. The lowest BCUT2D eigenvalue weighted by Crippen LogP contribution is -2.17. The van der Waals surface area contributed by atoms with Crippen molar-refractivity contribution in [1.29, 1.82) is 0 Å². The van der Waals surface area contributed by atoms with Crippen LogP contribution in [0.4, 0.5) is 0 Å². The number of hydrogen-bond donors (Lipinski definition) is 1. The second-order valence-corrected chi connectivity index (χ2v) is 5.19. The quantitative estimate of drug-likeness (QED) is 0.781. The highest BCUT2D eigenvalue weighted by molar-refractivity contribution is 5.71. The number of nitrogens with zero attached hydrogens (tertiary/aromatic N) is 3. The molecule has 3 aromatic rings. The summed E-state index contributed by atoms with van der Waals surface area (Å²) in [6.45, 7) is 2.94. The maximum atomic E-state index is 6.37. The van der Waals surface area contributed by atoms with Crippen molar-refractivity contribution in [1.82, 2.24) is 14.5 Å². The van der Waals surface area contributed by atoms with Gasteiger partial charge in [0.2, 0.25) is 0 Å². The first-order chi connectivity index (χ1) is 10.3. The number of fused-ring (bicyclic) bond motifs is 1. The maximum absolute atomic E-state index is 6.37. The molecule has 2 aromatic heterocycles. The zero-order chi connectivity index (χ0) is 14.7. The highest BCUT2D eigenvalue weighted by Gasteiger charge is 2.16. The molecule has 0 spiro atoms. The van der Waals surface area contributed by atoms with Crippen LogP contribution < -0.4 is 5.73 Å². The third-order valence-corrected chi connectivity index (χ3v) is 3.77. The molecule has 108 valence electrons. The molecule has 0 aliphatic carbocycles. The van der Waals surface area contributed by atoms with Crippen LogP contribution in [0.3, 0.4) is 0 Å². The normalized spacial score (nSPS) is 12.7. The Morgan fingerprint density at radius 2 is 1.95 bits per heavy atom. The van der Waals surface area contributed by atoms with Gasteiger partial charge in [0, 0.05) is 12.7 Å². The molecule has 3 rings (SSSR count). The molecule has 1 unspecified atom stereocenters. The molecule has 21 heavy (non-hydrogen) atoms. The van der Waals surface area contributed by atoms with Gasteiger partial charge in [-0.2, -0.15) is 0 Å². The molecule has 1 aromatic carbocycles. The second-order valence-electron chi connectivity index (χ2n) is 5.19. The number of hydrogen-bond acceptors (Lipinski definition) is 3. The zero-order valence-electron chi connectivity index (χ0n) is 12.2. The highest BCUT2D eigenvalue weighted by Crippen LogP contribution is 2.21. The van der Waals surface area contributed by atoms with Gasteiger partial charge >= 0.3 is 0 Å². The predicted octanol–water partition coefficient (Wildman–Crippen LogP) is 3.08. The van der Waals surface area contributed by atoms with Crippen molar-refractivity contribution in [2.24, 2.45) is 5.73 Å². The van der Waals surface area contributed by atoms with Crippen LogP contribution in [0.2, 0.25) is 0 Å². The Balaban J connectivity index is 1.82. The van der Waals surface area contributed by atoms with Crippen molar-refractivity contribution in [3.8, 4) is 0 Å². The largest absolute Gasteiger partial charge is 0.321 e. The number of benzene rings is 1. The van der Waals surface area contributed by atoms with Crippen LogP contribution in [-0.2, 0) is 13.0 Å². The molecule has 0 amide bonds. The van der Waals surface area contributed by atoms with Gasteiger partial charge in [0.25, 0.3) is 0 Å². The van der Waals surface area contributed by atoms with Crippen LogP contribution >= 0.6 is 0 Å². The van der Waals surface area contributed by atoms with Gasteiger partial charge in [-0.15, -0.1) is 0 Å². The van der Waals surface area contributed by atoms with E-state index in [1.54, 1.807) is 6.20 Å². The zero-order valence-corrected chi connectivity index (χ0v) is 12.2. The van der Waals surface area contributed by atoms with Crippen LogP contribution in [-0.4, -0.2) is 14.5 Å². The SMILES string of the molecule is CCn1c(C(N)CCc2ccccc2)nc2cccnc21. The van der Waals surface area contributed by atoms with E-state index < -0.39 is 0 Å². The fourth-order valence-corrected chi connectivity index (χ4v) is 2.67. The van der Waals surface area contributed by atoms with Crippen molar-refractivity contribution >= 4 is 11.2 Å². The van der Waals surface area contributed by atoms with Gasteiger partial charge in [0.15, 0.2) is 5.65 Å². The summed E-state index contributed by atoms with van der Waals surface area (Å²) in [5, 5.41) is 0. The number of rotatable bonds is 5. The van der Waals surface area contributed by atoms with Gasteiger partial charge in [-0.3, -0.25) is 0 Å². The summed E-state index contributed by atoms with van der Waals surface area (Å²) in [6.07, 6.45) is 3.64. The van der Waals surface area contributed by atoms with Crippen LogP contribution in [0, 0.1) is 0 Å². The van der Waals surface area contributed by atoms with E-state index in [0.717, 1.165) is 36.4 Å². The first-order valence-corrected chi connectivity index (χ1v) is 7.40. The maximum Gasteiger partial charge on any atom is 0.160 e. The van der Waals surface area contributed by atoms with Gasteiger partial charge in [-0.25, -0.2) is 9.97 Å². The van der Waals surface area contributed by atoms with E-state index >= 15 is 0 Å². The Labute approximate surface area is 124 Å². The summed E-state index contributed by atoms with van der Waals surface area (Å²) in [4.78, 5) is 9.09. The third-order valence-electron chi connectivity index (χ3n) is 3.77. The number of pyridine rings is 1. The van der Waals surface area contributed by atoms with Crippen LogP contribution in [0.15, 0.2) is 48.7 Å². The van der Waals surface area contributed by atoms with E-state index in [-0.39, 0.29) is 6.04 Å². The number of nitrogens with two attached hydrogens (primary N) is 1. The average Bonchev–Trinajstić information content (AvgIpc) is 2.92. The first kappa shape index (κ1) is 13.8. The fourth-order valence-electron chi connectivity index (χ4n) is 2.67. The van der Waals surface area contributed by atoms with E-state index in [0.29, 0.717) is 0 Å². The Bertz CT molecular complexity index is 718.